The molecule has 1 aromatic carbocycles. The van der Waals surface area contributed by atoms with Crippen LogP contribution in [-0.4, -0.2) is 35.7 Å². The highest BCUT2D eigenvalue weighted by Crippen LogP contribution is 2.26. The average Bonchev–Trinajstić information content (AvgIpc) is 2.69. The maximum atomic E-state index is 12.3. The number of rotatable bonds is 8. The molecule has 1 aliphatic rings. The quantitative estimate of drug-likeness (QED) is 0.358. The molecule has 0 amide bonds. The molecule has 28 heavy (non-hydrogen) atoms. The van der Waals surface area contributed by atoms with Crippen molar-refractivity contribution in [1.29, 1.82) is 0 Å². The van der Waals surface area contributed by atoms with E-state index in [2.05, 4.69) is 0 Å². The molecule has 1 saturated carbocycles. The van der Waals surface area contributed by atoms with Crippen LogP contribution >= 0.6 is 0 Å². The highest BCUT2D eigenvalue weighted by molar-refractivity contribution is 5.91. The maximum absolute atomic E-state index is 12.3. The Morgan fingerprint density at radius 2 is 1.93 bits per heavy atom. The van der Waals surface area contributed by atoms with Gasteiger partial charge in [0.15, 0.2) is 0 Å². The number of esters is 2. The molecule has 0 aromatic heterocycles. The second-order valence-electron chi connectivity index (χ2n) is 7.50. The molecule has 1 aromatic rings. The van der Waals surface area contributed by atoms with Gasteiger partial charge in [0.05, 0.1) is 12.0 Å². The maximum Gasteiger partial charge on any atom is 0.330 e. The van der Waals surface area contributed by atoms with Gasteiger partial charge in [0, 0.05) is 0 Å². The predicted octanol–water partition coefficient (Wildman–Crippen LogP) is 2.63. The number of aliphatic hydroxyl groups is 1. The molecule has 0 spiro atoms. The lowest BCUT2D eigenvalue weighted by atomic mass is 9.90. The summed E-state index contributed by atoms with van der Waals surface area (Å²) < 4.78 is 4.95. The van der Waals surface area contributed by atoms with Gasteiger partial charge in [0.1, 0.15) is 6.04 Å². The predicted molar refractivity (Wildman–Crippen MR) is 109 cm³/mol. The summed E-state index contributed by atoms with van der Waals surface area (Å²) in [5.41, 5.74) is 14.0. The van der Waals surface area contributed by atoms with E-state index in [1.54, 1.807) is 6.92 Å². The van der Waals surface area contributed by atoms with Crippen LogP contribution in [0.3, 0.4) is 0 Å². The fraction of sp³-hybridized carbons (Fsp3) is 0.545. The van der Waals surface area contributed by atoms with Crippen molar-refractivity contribution in [2.75, 3.05) is 6.54 Å². The van der Waals surface area contributed by atoms with Crippen LogP contribution in [0.25, 0.3) is 6.08 Å². The molecule has 2 rings (SSSR count). The Labute approximate surface area is 166 Å². The second kappa shape index (κ2) is 11.1. The highest BCUT2D eigenvalue weighted by Gasteiger charge is 2.23. The topological polar surface area (TPSA) is 116 Å². The fourth-order valence-electron chi connectivity index (χ4n) is 3.31. The molecule has 3 atom stereocenters. The molecule has 1 fully saturated rings. The van der Waals surface area contributed by atoms with Crippen molar-refractivity contribution >= 4 is 18.0 Å². The molecule has 5 N–H and O–H groups in total. The number of carbonyl (C=O) groups excluding carboxylic acids is 2. The first-order valence-electron chi connectivity index (χ1n) is 10.1. The van der Waals surface area contributed by atoms with Crippen LogP contribution in [0, 0.1) is 0 Å². The summed E-state index contributed by atoms with van der Waals surface area (Å²) in [5, 5.41) is 10.1. The molecule has 1 aliphatic carbocycles. The highest BCUT2D eigenvalue weighted by atomic mass is 16.6. The van der Waals surface area contributed by atoms with Crippen molar-refractivity contribution in [3.8, 4) is 0 Å². The first-order chi connectivity index (χ1) is 13.4. The van der Waals surface area contributed by atoms with Gasteiger partial charge >= 0.3 is 11.9 Å². The standard InChI is InChI=1S/C22H32N2O4/c1-15(21(26)28-22(27)19(24)7-4-5-13-23)17-11-9-16(10-12-17)14-18-6-2-3-8-20(18)25/h9-12,14-15,19-20,25H,2-8,13,23-24H2,1H3/t15?,19-,20?/m0/s1. The first-order valence-corrected chi connectivity index (χ1v) is 10.1. The minimum absolute atomic E-state index is 0.359. The van der Waals surface area contributed by atoms with E-state index in [0.717, 1.165) is 55.2 Å². The molecule has 2 unspecified atom stereocenters. The van der Waals surface area contributed by atoms with Crippen LogP contribution in [0.5, 0.6) is 0 Å². The van der Waals surface area contributed by atoms with Gasteiger partial charge in [-0.05, 0) is 62.3 Å². The SMILES string of the molecule is CC(C(=O)OC(=O)[C@@H](N)CCCCN)c1ccc(C=C2CCCCC2O)cc1. The third-order valence-corrected chi connectivity index (χ3v) is 5.24. The van der Waals surface area contributed by atoms with Gasteiger partial charge in [-0.25, -0.2) is 4.79 Å². The smallest absolute Gasteiger partial charge is 0.330 e. The molecular formula is C22H32N2O4. The zero-order valence-corrected chi connectivity index (χ0v) is 16.6. The van der Waals surface area contributed by atoms with E-state index in [-0.39, 0.29) is 6.10 Å². The lowest BCUT2D eigenvalue weighted by molar-refractivity contribution is -0.161. The normalized spacial score (nSPS) is 20.6. The summed E-state index contributed by atoms with van der Waals surface area (Å²) in [6, 6.07) is 6.71. The van der Waals surface area contributed by atoms with Crippen LogP contribution in [0.2, 0.25) is 0 Å². The van der Waals surface area contributed by atoms with Gasteiger partial charge in [-0.15, -0.1) is 0 Å². The molecule has 6 nitrogen and oxygen atoms in total. The van der Waals surface area contributed by atoms with Gasteiger partial charge in [0.2, 0.25) is 0 Å². The van der Waals surface area contributed by atoms with Gasteiger partial charge in [0.25, 0.3) is 0 Å². The van der Waals surface area contributed by atoms with Gasteiger partial charge in [-0.1, -0.05) is 43.2 Å². The van der Waals surface area contributed by atoms with Crippen molar-refractivity contribution in [2.24, 2.45) is 11.5 Å². The number of ether oxygens (including phenoxy) is 1. The van der Waals surface area contributed by atoms with E-state index in [0.29, 0.717) is 13.0 Å². The third-order valence-electron chi connectivity index (χ3n) is 5.24. The number of aliphatic hydroxyl groups excluding tert-OH is 1. The van der Waals surface area contributed by atoms with Crippen LogP contribution in [0.15, 0.2) is 29.8 Å². The van der Waals surface area contributed by atoms with Crippen LogP contribution in [0.4, 0.5) is 0 Å². The van der Waals surface area contributed by atoms with Crippen LogP contribution in [0.1, 0.15) is 68.9 Å². The summed E-state index contributed by atoms with van der Waals surface area (Å²) in [5.74, 6) is -1.86. The monoisotopic (exact) mass is 388 g/mol. The van der Waals surface area contributed by atoms with Gasteiger partial charge in [-0.2, -0.15) is 0 Å². The van der Waals surface area contributed by atoms with E-state index in [1.807, 2.05) is 30.3 Å². The number of carbonyl (C=O) groups is 2. The summed E-state index contributed by atoms with van der Waals surface area (Å²) in [6.07, 6.45) is 7.51. The van der Waals surface area contributed by atoms with Crippen molar-refractivity contribution < 1.29 is 19.4 Å². The second-order valence-corrected chi connectivity index (χ2v) is 7.50. The first kappa shape index (κ1) is 22.3. The number of hydrogen-bond acceptors (Lipinski definition) is 6. The lowest BCUT2D eigenvalue weighted by Gasteiger charge is -2.20. The minimum atomic E-state index is -0.807. The Morgan fingerprint density at radius 1 is 1.21 bits per heavy atom. The number of unbranched alkanes of at least 4 members (excludes halogenated alkanes) is 1. The van der Waals surface area contributed by atoms with E-state index in [9.17, 15) is 14.7 Å². The summed E-state index contributed by atoms with van der Waals surface area (Å²) in [7, 11) is 0. The van der Waals surface area contributed by atoms with Crippen LogP contribution < -0.4 is 11.5 Å². The average molecular weight is 389 g/mol. The number of hydrogen-bond donors (Lipinski definition) is 3. The molecule has 6 heteroatoms. The van der Waals surface area contributed by atoms with E-state index >= 15 is 0 Å². The molecule has 0 radical (unpaired) electrons. The van der Waals surface area contributed by atoms with Crippen molar-refractivity contribution in [2.45, 2.75) is 69.9 Å². The Kier molecular flexibility index (Phi) is 8.83. The Balaban J connectivity index is 1.92. The molecule has 0 saturated heterocycles. The Hall–Kier alpha value is -2.02. The van der Waals surface area contributed by atoms with Crippen molar-refractivity contribution in [3.63, 3.8) is 0 Å². The third kappa shape index (κ3) is 6.55. The fourth-order valence-corrected chi connectivity index (χ4v) is 3.31. The number of nitrogens with two attached hydrogens (primary N) is 2. The summed E-state index contributed by atoms with van der Waals surface area (Å²) in [6.45, 7) is 2.25. The Bertz CT molecular complexity index is 684. The lowest BCUT2D eigenvalue weighted by Crippen LogP contribution is -2.34. The molecular weight excluding hydrogens is 356 g/mol. The summed E-state index contributed by atoms with van der Waals surface area (Å²) in [4.78, 5) is 24.2. The molecule has 154 valence electrons. The minimum Gasteiger partial charge on any atom is -0.392 e. The van der Waals surface area contributed by atoms with E-state index in [1.165, 1.54) is 0 Å². The van der Waals surface area contributed by atoms with Crippen molar-refractivity contribution in [3.05, 3.63) is 41.0 Å². The van der Waals surface area contributed by atoms with Crippen molar-refractivity contribution in [1.82, 2.24) is 0 Å². The molecule has 0 heterocycles. The molecule has 0 aliphatic heterocycles. The molecule has 0 bridgehead atoms. The Morgan fingerprint density at radius 3 is 2.57 bits per heavy atom. The largest absolute Gasteiger partial charge is 0.392 e. The van der Waals surface area contributed by atoms with Gasteiger partial charge in [-0.3, -0.25) is 4.79 Å². The number of benzene rings is 1. The van der Waals surface area contributed by atoms with E-state index < -0.39 is 23.9 Å². The zero-order chi connectivity index (χ0) is 20.5. The summed E-state index contributed by atoms with van der Waals surface area (Å²) >= 11 is 0. The zero-order valence-electron chi connectivity index (χ0n) is 16.6. The van der Waals surface area contributed by atoms with Crippen LogP contribution in [-0.2, 0) is 14.3 Å². The van der Waals surface area contributed by atoms with E-state index in [4.69, 9.17) is 16.2 Å². The van der Waals surface area contributed by atoms with Gasteiger partial charge < -0.3 is 21.3 Å².